The Balaban J connectivity index is 2.15. The molecule has 0 bridgehead atoms. The van der Waals surface area contributed by atoms with E-state index < -0.39 is 0 Å². The Hall–Kier alpha value is -2.26. The number of benzene rings is 2. The molecule has 0 atom stereocenters. The Morgan fingerprint density at radius 1 is 1.20 bits per heavy atom. The van der Waals surface area contributed by atoms with E-state index in [1.165, 1.54) is 18.2 Å². The molecule has 102 valence electrons. The van der Waals surface area contributed by atoms with E-state index in [1.807, 2.05) is 24.3 Å². The van der Waals surface area contributed by atoms with Crippen LogP contribution in [0.5, 0.6) is 11.5 Å². The van der Waals surface area contributed by atoms with Gasteiger partial charge in [0.1, 0.15) is 11.5 Å². The van der Waals surface area contributed by atoms with Crippen LogP contribution in [0, 0.1) is 0 Å². The predicted molar refractivity (Wildman–Crippen MR) is 79.5 cm³/mol. The molecule has 0 aliphatic rings. The van der Waals surface area contributed by atoms with Crippen molar-refractivity contribution in [2.75, 3.05) is 7.11 Å². The van der Waals surface area contributed by atoms with Crippen molar-refractivity contribution in [2.45, 2.75) is 0 Å². The molecule has 0 amide bonds. The number of halogens is 1. The van der Waals surface area contributed by atoms with Crippen molar-refractivity contribution in [1.29, 1.82) is 0 Å². The molecule has 0 radical (unpaired) electrons. The van der Waals surface area contributed by atoms with Gasteiger partial charge in [-0.15, -0.1) is 0 Å². The molecule has 0 aliphatic carbocycles. The van der Waals surface area contributed by atoms with Gasteiger partial charge in [-0.3, -0.25) is 4.79 Å². The molecular weight excluding hydrogens is 276 g/mol. The maximum absolute atomic E-state index is 12.0. The van der Waals surface area contributed by atoms with Gasteiger partial charge in [0.05, 0.1) is 12.7 Å². The number of phenolic OH excluding ortho intramolecular Hbond substituents is 1. The molecular formula is C16H13ClO3. The quantitative estimate of drug-likeness (QED) is 0.684. The van der Waals surface area contributed by atoms with Crippen LogP contribution >= 0.6 is 11.6 Å². The van der Waals surface area contributed by atoms with Gasteiger partial charge in [-0.1, -0.05) is 29.8 Å². The zero-order chi connectivity index (χ0) is 14.5. The zero-order valence-corrected chi connectivity index (χ0v) is 11.6. The van der Waals surface area contributed by atoms with E-state index in [1.54, 1.807) is 19.3 Å². The summed E-state index contributed by atoms with van der Waals surface area (Å²) in [7, 11) is 1.59. The van der Waals surface area contributed by atoms with Crippen LogP contribution in [-0.4, -0.2) is 18.0 Å². The molecule has 2 aromatic carbocycles. The number of carbonyl (C=O) groups excluding carboxylic acids is 1. The van der Waals surface area contributed by atoms with Crippen LogP contribution < -0.4 is 4.74 Å². The summed E-state index contributed by atoms with van der Waals surface area (Å²) in [5.41, 5.74) is 1.09. The minimum atomic E-state index is -0.282. The predicted octanol–water partition coefficient (Wildman–Crippen LogP) is 3.95. The number of hydrogen-bond donors (Lipinski definition) is 1. The maximum atomic E-state index is 12.0. The second-order valence-electron chi connectivity index (χ2n) is 4.13. The van der Waals surface area contributed by atoms with E-state index >= 15 is 0 Å². The average molecular weight is 289 g/mol. The minimum absolute atomic E-state index is 0.123. The lowest BCUT2D eigenvalue weighted by Gasteiger charge is -2.01. The van der Waals surface area contributed by atoms with E-state index in [9.17, 15) is 9.90 Å². The van der Waals surface area contributed by atoms with Gasteiger partial charge in [0, 0.05) is 5.02 Å². The van der Waals surface area contributed by atoms with Gasteiger partial charge in [0.25, 0.3) is 0 Å². The number of ether oxygens (including phenoxy) is 1. The fourth-order valence-corrected chi connectivity index (χ4v) is 1.86. The first-order valence-corrected chi connectivity index (χ1v) is 6.33. The highest BCUT2D eigenvalue weighted by molar-refractivity contribution is 6.31. The highest BCUT2D eigenvalue weighted by atomic mass is 35.5. The third-order valence-electron chi connectivity index (χ3n) is 2.77. The molecule has 1 N–H and O–H groups in total. The molecule has 0 unspecified atom stereocenters. The van der Waals surface area contributed by atoms with E-state index in [-0.39, 0.29) is 17.1 Å². The number of phenols is 1. The second kappa shape index (κ2) is 6.26. The molecule has 4 heteroatoms. The fourth-order valence-electron chi connectivity index (χ4n) is 1.69. The normalized spacial score (nSPS) is 10.7. The zero-order valence-electron chi connectivity index (χ0n) is 10.8. The summed E-state index contributed by atoms with van der Waals surface area (Å²) < 4.78 is 5.05. The van der Waals surface area contributed by atoms with Gasteiger partial charge in [0.15, 0.2) is 5.78 Å². The highest BCUT2D eigenvalue weighted by Gasteiger charge is 2.08. The van der Waals surface area contributed by atoms with E-state index in [4.69, 9.17) is 16.3 Å². The summed E-state index contributed by atoms with van der Waals surface area (Å²) in [5.74, 6) is 0.348. The van der Waals surface area contributed by atoms with Crippen molar-refractivity contribution >= 4 is 23.5 Å². The van der Waals surface area contributed by atoms with Gasteiger partial charge in [-0.25, -0.2) is 0 Å². The van der Waals surface area contributed by atoms with Gasteiger partial charge < -0.3 is 9.84 Å². The molecule has 0 fully saturated rings. The van der Waals surface area contributed by atoms with Gasteiger partial charge >= 0.3 is 0 Å². The molecule has 2 rings (SSSR count). The first-order chi connectivity index (χ1) is 9.60. The van der Waals surface area contributed by atoms with Crippen molar-refractivity contribution in [3.05, 3.63) is 64.7 Å². The maximum Gasteiger partial charge on any atom is 0.189 e. The lowest BCUT2D eigenvalue weighted by Crippen LogP contribution is -1.94. The van der Waals surface area contributed by atoms with Crippen LogP contribution in [0.4, 0.5) is 0 Å². The van der Waals surface area contributed by atoms with Crippen molar-refractivity contribution in [3.63, 3.8) is 0 Å². The Labute approximate surface area is 122 Å². The van der Waals surface area contributed by atoms with Crippen LogP contribution in [0.1, 0.15) is 15.9 Å². The number of allylic oxidation sites excluding steroid dienone is 1. The summed E-state index contributed by atoms with van der Waals surface area (Å²) in [6, 6.07) is 11.7. The number of ketones is 1. The minimum Gasteiger partial charge on any atom is -0.507 e. The third kappa shape index (κ3) is 3.39. The van der Waals surface area contributed by atoms with Crippen molar-refractivity contribution < 1.29 is 14.6 Å². The topological polar surface area (TPSA) is 46.5 Å². The van der Waals surface area contributed by atoms with Crippen molar-refractivity contribution in [2.24, 2.45) is 0 Å². The number of rotatable bonds is 4. The first kappa shape index (κ1) is 14.2. The second-order valence-corrected chi connectivity index (χ2v) is 4.57. The number of methoxy groups -OCH3 is 1. The molecule has 20 heavy (non-hydrogen) atoms. The van der Waals surface area contributed by atoms with E-state index in [0.717, 1.165) is 11.3 Å². The summed E-state index contributed by atoms with van der Waals surface area (Å²) in [6.45, 7) is 0. The summed E-state index contributed by atoms with van der Waals surface area (Å²) in [4.78, 5) is 12.0. The van der Waals surface area contributed by atoms with Crippen LogP contribution in [0.2, 0.25) is 5.02 Å². The average Bonchev–Trinajstić information content (AvgIpc) is 2.45. The summed E-state index contributed by atoms with van der Waals surface area (Å²) in [6.07, 6.45) is 3.08. The molecule has 0 saturated heterocycles. The highest BCUT2D eigenvalue weighted by Crippen LogP contribution is 2.23. The molecule has 0 aromatic heterocycles. The molecule has 0 aliphatic heterocycles. The summed E-state index contributed by atoms with van der Waals surface area (Å²) >= 11 is 5.72. The smallest absolute Gasteiger partial charge is 0.189 e. The number of carbonyl (C=O) groups is 1. The largest absolute Gasteiger partial charge is 0.507 e. The SMILES string of the molecule is COc1ccc(C=CC(=O)c2ccc(Cl)cc2O)cc1. The van der Waals surface area contributed by atoms with Crippen LogP contribution in [-0.2, 0) is 0 Å². The van der Waals surface area contributed by atoms with Crippen LogP contribution in [0.3, 0.4) is 0 Å². The molecule has 0 saturated carbocycles. The standard InChI is InChI=1S/C16H13ClO3/c1-20-13-6-2-11(3-7-13)4-9-15(18)14-8-5-12(17)10-16(14)19/h2-10,19H,1H3. The van der Waals surface area contributed by atoms with Crippen molar-refractivity contribution in [3.8, 4) is 11.5 Å². The molecule has 2 aromatic rings. The Morgan fingerprint density at radius 2 is 1.90 bits per heavy atom. The van der Waals surface area contributed by atoms with E-state index in [2.05, 4.69) is 0 Å². The van der Waals surface area contributed by atoms with Gasteiger partial charge in [-0.2, -0.15) is 0 Å². The van der Waals surface area contributed by atoms with Crippen LogP contribution in [0.15, 0.2) is 48.5 Å². The van der Waals surface area contributed by atoms with Crippen LogP contribution in [0.25, 0.3) is 6.08 Å². The lowest BCUT2D eigenvalue weighted by molar-refractivity contribution is 0.104. The van der Waals surface area contributed by atoms with Gasteiger partial charge in [-0.05, 0) is 42.0 Å². The van der Waals surface area contributed by atoms with Gasteiger partial charge in [0.2, 0.25) is 0 Å². The van der Waals surface area contributed by atoms with Crippen molar-refractivity contribution in [1.82, 2.24) is 0 Å². The molecule has 3 nitrogen and oxygen atoms in total. The molecule has 0 heterocycles. The van der Waals surface area contributed by atoms with E-state index in [0.29, 0.717) is 5.02 Å². The monoisotopic (exact) mass is 288 g/mol. The number of aromatic hydroxyl groups is 1. The molecule has 0 spiro atoms. The third-order valence-corrected chi connectivity index (χ3v) is 3.00. The lowest BCUT2D eigenvalue weighted by atomic mass is 10.1. The Bertz CT molecular complexity index is 645. The Morgan fingerprint density at radius 3 is 2.50 bits per heavy atom. The fraction of sp³-hybridized carbons (Fsp3) is 0.0625. The summed E-state index contributed by atoms with van der Waals surface area (Å²) in [5, 5.41) is 10.1. The Kier molecular flexibility index (Phi) is 4.43. The number of hydrogen-bond acceptors (Lipinski definition) is 3. The first-order valence-electron chi connectivity index (χ1n) is 5.95.